The Morgan fingerprint density at radius 1 is 0.529 bits per heavy atom. The van der Waals surface area contributed by atoms with E-state index < -0.39 is 79.3 Å². The Balaban J connectivity index is 1.48. The van der Waals surface area contributed by atoms with Gasteiger partial charge in [0.25, 0.3) is 0 Å². The van der Waals surface area contributed by atoms with Crippen LogP contribution >= 0.6 is 0 Å². The van der Waals surface area contributed by atoms with Crippen molar-refractivity contribution in [3.63, 3.8) is 0 Å². The van der Waals surface area contributed by atoms with Crippen molar-refractivity contribution in [2.75, 3.05) is 41.7 Å². The summed E-state index contributed by atoms with van der Waals surface area (Å²) in [6, 6.07) is 24.2. The maximum atomic E-state index is 13.5. The molecule has 14 heteroatoms. The molecule has 2 saturated heterocycles. The molecule has 1 N–H and O–H groups in total. The Bertz CT molecular complexity index is 1540. The first-order valence-corrected chi connectivity index (χ1v) is 16.3. The van der Waals surface area contributed by atoms with Crippen LogP contribution in [0.1, 0.15) is 31.1 Å². The molecular formula is C37H42O14. The van der Waals surface area contributed by atoms with Crippen LogP contribution < -0.4 is 0 Å². The molecule has 2 aliphatic heterocycles. The van der Waals surface area contributed by atoms with Crippen LogP contribution in [0.15, 0.2) is 91.0 Å². The molecule has 0 aliphatic carbocycles. The number of carbonyl (C=O) groups is 3. The predicted octanol–water partition coefficient (Wildman–Crippen LogP) is 2.81. The van der Waals surface area contributed by atoms with Gasteiger partial charge >= 0.3 is 17.9 Å². The van der Waals surface area contributed by atoms with E-state index in [-0.39, 0.29) is 29.9 Å². The van der Waals surface area contributed by atoms with Crippen LogP contribution in [-0.4, -0.2) is 126 Å². The lowest BCUT2D eigenvalue weighted by molar-refractivity contribution is -0.331. The molecule has 5 rings (SSSR count). The van der Waals surface area contributed by atoms with Crippen molar-refractivity contribution < 1.29 is 66.9 Å². The molecule has 10 atom stereocenters. The van der Waals surface area contributed by atoms with Gasteiger partial charge in [0.2, 0.25) is 0 Å². The van der Waals surface area contributed by atoms with Gasteiger partial charge in [-0.05, 0) is 36.4 Å². The number of hydrogen-bond acceptors (Lipinski definition) is 14. The normalized spacial score (nSPS) is 29.1. The summed E-state index contributed by atoms with van der Waals surface area (Å²) in [5, 5.41) is 11.4. The summed E-state index contributed by atoms with van der Waals surface area (Å²) >= 11 is 0. The minimum absolute atomic E-state index is 0.136. The first-order chi connectivity index (χ1) is 24.8. The summed E-state index contributed by atoms with van der Waals surface area (Å²) in [7, 11) is 5.97. The van der Waals surface area contributed by atoms with Gasteiger partial charge < -0.3 is 52.5 Å². The van der Waals surface area contributed by atoms with E-state index in [1.165, 1.54) is 64.8 Å². The van der Waals surface area contributed by atoms with Crippen molar-refractivity contribution >= 4 is 17.9 Å². The molecule has 3 aromatic carbocycles. The molecule has 0 amide bonds. The van der Waals surface area contributed by atoms with Crippen molar-refractivity contribution in [2.24, 2.45) is 0 Å². The Labute approximate surface area is 295 Å². The highest BCUT2D eigenvalue weighted by Crippen LogP contribution is 2.32. The fourth-order valence-corrected chi connectivity index (χ4v) is 6.03. The number of methoxy groups -OCH3 is 4. The molecule has 14 nitrogen and oxygen atoms in total. The zero-order valence-electron chi connectivity index (χ0n) is 28.6. The van der Waals surface area contributed by atoms with Gasteiger partial charge in [-0.25, -0.2) is 14.4 Å². The quantitative estimate of drug-likeness (QED) is 0.192. The van der Waals surface area contributed by atoms with E-state index in [9.17, 15) is 19.5 Å². The van der Waals surface area contributed by atoms with Gasteiger partial charge in [0, 0.05) is 28.4 Å². The van der Waals surface area contributed by atoms with E-state index in [1.54, 1.807) is 54.6 Å². The molecule has 0 unspecified atom stereocenters. The third-order valence-corrected chi connectivity index (χ3v) is 8.53. The van der Waals surface area contributed by atoms with E-state index in [0.717, 1.165) is 0 Å². The Morgan fingerprint density at radius 2 is 0.961 bits per heavy atom. The zero-order valence-corrected chi connectivity index (χ0v) is 28.6. The molecular weight excluding hydrogens is 668 g/mol. The highest BCUT2D eigenvalue weighted by molar-refractivity contribution is 5.91. The second kappa shape index (κ2) is 18.3. The fraction of sp³-hybridized carbons (Fsp3) is 0.432. The lowest BCUT2D eigenvalue weighted by Crippen LogP contribution is -2.64. The second-order valence-electron chi connectivity index (χ2n) is 11.7. The van der Waals surface area contributed by atoms with Crippen LogP contribution in [0, 0.1) is 0 Å². The highest BCUT2D eigenvalue weighted by Gasteiger charge is 2.54. The van der Waals surface area contributed by atoms with E-state index in [1.807, 2.05) is 0 Å². The summed E-state index contributed by atoms with van der Waals surface area (Å²) in [4.78, 5) is 40.3. The largest absolute Gasteiger partial charge is 0.452 e. The number of aliphatic hydroxyl groups is 1. The molecule has 51 heavy (non-hydrogen) atoms. The van der Waals surface area contributed by atoms with Crippen LogP contribution in [0.3, 0.4) is 0 Å². The Morgan fingerprint density at radius 3 is 1.41 bits per heavy atom. The minimum Gasteiger partial charge on any atom is -0.452 e. The maximum absolute atomic E-state index is 13.5. The average Bonchev–Trinajstić information content (AvgIpc) is 3.17. The molecule has 2 aliphatic rings. The van der Waals surface area contributed by atoms with E-state index in [4.69, 9.17) is 47.4 Å². The molecule has 274 valence electrons. The molecule has 2 fully saturated rings. The number of carbonyl (C=O) groups excluding carboxylic acids is 3. The fourth-order valence-electron chi connectivity index (χ4n) is 6.03. The van der Waals surface area contributed by atoms with E-state index in [0.29, 0.717) is 0 Å². The Hall–Kier alpha value is -4.25. The van der Waals surface area contributed by atoms with Crippen LogP contribution in [0.25, 0.3) is 0 Å². The van der Waals surface area contributed by atoms with Gasteiger partial charge in [0.15, 0.2) is 30.9 Å². The summed E-state index contributed by atoms with van der Waals surface area (Å²) in [5.41, 5.74) is 0.503. The van der Waals surface area contributed by atoms with E-state index >= 15 is 0 Å². The topological polar surface area (TPSA) is 164 Å². The molecule has 3 aromatic rings. The standard InChI is InChI=1S/C37H42O14/c1-42-20-25-27(43-2)29(44-3)32(45-4)37(48-25)46-21-26-28(49-33(38)22-14-8-5-9-15-22)30(50-34(39)23-16-10-6-11-17-23)31(36(41)47-26)51-35(40)24-18-12-7-13-19-24/h5-19,25-32,36-37,41H,20-21H2,1-4H3/t25-,26-,27-,28-,29+,30+,31-,32-,36+,37-/m1/s1. The van der Waals surface area contributed by atoms with Gasteiger partial charge in [0.05, 0.1) is 29.9 Å². The lowest BCUT2D eigenvalue weighted by atomic mass is 9.97. The smallest absolute Gasteiger partial charge is 0.338 e. The van der Waals surface area contributed by atoms with Crippen LogP contribution in [0.4, 0.5) is 0 Å². The van der Waals surface area contributed by atoms with E-state index in [2.05, 4.69) is 0 Å². The van der Waals surface area contributed by atoms with Crippen molar-refractivity contribution in [2.45, 2.75) is 61.4 Å². The SMILES string of the molecule is COC[C@H]1O[C@@H](OC[C@H]2O[C@H](O)[C@H](OC(=O)c3ccccc3)[C@@H](OC(=O)c3ccccc3)[C@@H]2OC(=O)c2ccccc2)[C@H](OC)[C@@H](OC)[C@@H]1OC. The van der Waals surface area contributed by atoms with Gasteiger partial charge in [0.1, 0.15) is 30.5 Å². The van der Waals surface area contributed by atoms with Crippen LogP contribution in [0.5, 0.6) is 0 Å². The van der Waals surface area contributed by atoms with Gasteiger partial charge in [-0.3, -0.25) is 0 Å². The molecule has 0 aromatic heterocycles. The first kappa shape index (κ1) is 38.0. The molecule has 2 heterocycles. The number of esters is 3. The van der Waals surface area contributed by atoms with Crippen molar-refractivity contribution in [3.8, 4) is 0 Å². The third kappa shape index (κ3) is 9.16. The maximum Gasteiger partial charge on any atom is 0.338 e. The summed E-state index contributed by atoms with van der Waals surface area (Å²) in [5.74, 6) is -2.47. The van der Waals surface area contributed by atoms with Crippen LogP contribution in [0.2, 0.25) is 0 Å². The number of ether oxygens (including phenoxy) is 10. The minimum atomic E-state index is -1.86. The number of benzene rings is 3. The summed E-state index contributed by atoms with van der Waals surface area (Å²) in [6.45, 7) is -0.253. The first-order valence-electron chi connectivity index (χ1n) is 16.3. The van der Waals surface area contributed by atoms with Gasteiger partial charge in [-0.15, -0.1) is 0 Å². The number of aliphatic hydroxyl groups excluding tert-OH is 1. The molecule has 0 radical (unpaired) electrons. The van der Waals surface area contributed by atoms with Gasteiger partial charge in [-0.2, -0.15) is 0 Å². The molecule has 0 spiro atoms. The second-order valence-corrected chi connectivity index (χ2v) is 11.7. The monoisotopic (exact) mass is 710 g/mol. The van der Waals surface area contributed by atoms with Crippen molar-refractivity contribution in [1.29, 1.82) is 0 Å². The average molecular weight is 711 g/mol. The summed E-state index contributed by atoms with van der Waals surface area (Å²) in [6.07, 6.45) is -11.6. The van der Waals surface area contributed by atoms with Gasteiger partial charge in [-0.1, -0.05) is 54.6 Å². The zero-order chi connectivity index (χ0) is 36.3. The third-order valence-electron chi connectivity index (χ3n) is 8.53. The van der Waals surface area contributed by atoms with Crippen LogP contribution in [-0.2, 0) is 47.4 Å². The number of hydrogen-bond donors (Lipinski definition) is 1. The molecule has 0 bridgehead atoms. The van der Waals surface area contributed by atoms with Crippen molar-refractivity contribution in [1.82, 2.24) is 0 Å². The predicted molar refractivity (Wildman–Crippen MR) is 177 cm³/mol. The lowest BCUT2D eigenvalue weighted by Gasteiger charge is -2.46. The van der Waals surface area contributed by atoms with Crippen molar-refractivity contribution in [3.05, 3.63) is 108 Å². The summed E-state index contributed by atoms with van der Waals surface area (Å²) < 4.78 is 58.3. The number of rotatable bonds is 14. The highest BCUT2D eigenvalue weighted by atomic mass is 16.7. The molecule has 0 saturated carbocycles. The Kier molecular flexibility index (Phi) is 13.6.